The van der Waals surface area contributed by atoms with E-state index in [-0.39, 0.29) is 16.7 Å². The summed E-state index contributed by atoms with van der Waals surface area (Å²) in [5, 5.41) is 20.6. The number of halogens is 3. The van der Waals surface area contributed by atoms with Crippen LogP contribution in [0.15, 0.2) is 0 Å². The zero-order valence-electron chi connectivity index (χ0n) is 18.4. The maximum absolute atomic E-state index is 13.2. The highest BCUT2D eigenvalue weighted by Crippen LogP contribution is 2.69. The third-order valence-corrected chi connectivity index (χ3v) is 10.5. The lowest BCUT2D eigenvalue weighted by Gasteiger charge is -2.62. The van der Waals surface area contributed by atoms with Crippen LogP contribution >= 0.6 is 0 Å². The second kappa shape index (κ2) is 6.85. The number of aliphatic hydroxyl groups excluding tert-OH is 1. The molecule has 4 saturated carbocycles. The Morgan fingerprint density at radius 1 is 0.862 bits per heavy atom. The number of alkyl halides is 3. The predicted molar refractivity (Wildman–Crippen MR) is 107 cm³/mol. The number of fused-ring (bicyclic) bond motifs is 5. The molecule has 5 heteroatoms. The van der Waals surface area contributed by atoms with Gasteiger partial charge in [0.1, 0.15) is 0 Å². The standard InChI is InChI=1S/C24H39F3O2/c1-14(20(28)24(25,26)27)17-7-8-18-16-6-5-15-13-21(2,29)11-12-22(15,3)19(16)9-10-23(17,18)4/h14-20,28-29H,5-13H2,1-4H3/t14-,15+,16-,17+,18?,19?,20+,21-,22-,23+/m0/s1. The van der Waals surface area contributed by atoms with E-state index < -0.39 is 23.8 Å². The van der Waals surface area contributed by atoms with E-state index >= 15 is 0 Å². The van der Waals surface area contributed by atoms with Crippen molar-refractivity contribution in [2.24, 2.45) is 46.3 Å². The van der Waals surface area contributed by atoms with Gasteiger partial charge in [-0.15, -0.1) is 0 Å². The lowest BCUT2D eigenvalue weighted by atomic mass is 9.43. The SMILES string of the molecule is C[C@H]([C@@H](O)C(F)(F)F)[C@H]1CCC2[C@@H]3CC[C@@H]4C[C@@](C)(O)CC[C@]4(C)C3CC[C@@]21C. The molecular formula is C24H39F3O2. The summed E-state index contributed by atoms with van der Waals surface area (Å²) in [6, 6.07) is 0. The Morgan fingerprint density at radius 2 is 1.52 bits per heavy atom. The summed E-state index contributed by atoms with van der Waals surface area (Å²) in [6.45, 7) is 8.26. The maximum atomic E-state index is 13.2. The molecule has 168 valence electrons. The summed E-state index contributed by atoms with van der Waals surface area (Å²) < 4.78 is 39.6. The average Bonchev–Trinajstić information content (AvgIpc) is 2.97. The zero-order chi connectivity index (χ0) is 21.4. The molecule has 2 unspecified atom stereocenters. The van der Waals surface area contributed by atoms with Crippen molar-refractivity contribution in [1.29, 1.82) is 0 Å². The summed E-state index contributed by atoms with van der Waals surface area (Å²) in [4.78, 5) is 0. The normalized spacial score (nSPS) is 52.2. The van der Waals surface area contributed by atoms with Gasteiger partial charge in [0.15, 0.2) is 6.10 Å². The van der Waals surface area contributed by atoms with Crippen LogP contribution in [0.3, 0.4) is 0 Å². The van der Waals surface area contributed by atoms with Crippen LogP contribution in [0.25, 0.3) is 0 Å². The third kappa shape index (κ3) is 3.37. The molecule has 4 aliphatic carbocycles. The first-order valence-corrected chi connectivity index (χ1v) is 11.8. The Morgan fingerprint density at radius 3 is 2.17 bits per heavy atom. The first-order chi connectivity index (χ1) is 13.3. The molecule has 4 rings (SSSR count). The molecule has 10 atom stereocenters. The van der Waals surface area contributed by atoms with E-state index in [0.29, 0.717) is 23.7 Å². The molecule has 29 heavy (non-hydrogen) atoms. The van der Waals surface area contributed by atoms with Crippen molar-refractivity contribution >= 4 is 0 Å². The second-order valence-electron chi connectivity index (χ2n) is 11.9. The highest BCUT2D eigenvalue weighted by atomic mass is 19.4. The molecule has 2 N–H and O–H groups in total. The van der Waals surface area contributed by atoms with Crippen LogP contribution < -0.4 is 0 Å². The molecule has 4 fully saturated rings. The molecule has 0 aromatic rings. The second-order valence-corrected chi connectivity index (χ2v) is 11.9. The monoisotopic (exact) mass is 416 g/mol. The molecule has 0 aromatic heterocycles. The Bertz CT molecular complexity index is 632. The van der Waals surface area contributed by atoms with Gasteiger partial charge in [0.05, 0.1) is 5.60 Å². The molecule has 0 spiro atoms. The number of hydrogen-bond donors (Lipinski definition) is 2. The Kier molecular flexibility index (Phi) is 5.18. The summed E-state index contributed by atoms with van der Waals surface area (Å²) in [5.41, 5.74) is -0.361. The maximum Gasteiger partial charge on any atom is 0.414 e. The fraction of sp³-hybridized carbons (Fsp3) is 1.00. The molecule has 0 radical (unpaired) electrons. The molecular weight excluding hydrogens is 377 g/mol. The lowest BCUT2D eigenvalue weighted by molar-refractivity contribution is -0.228. The Hall–Kier alpha value is -0.290. The lowest BCUT2D eigenvalue weighted by Crippen LogP contribution is -2.56. The number of aliphatic hydroxyl groups is 2. The van der Waals surface area contributed by atoms with Crippen LogP contribution in [-0.4, -0.2) is 28.1 Å². The largest absolute Gasteiger partial charge is 0.414 e. The fourth-order valence-corrected chi connectivity index (χ4v) is 8.85. The van der Waals surface area contributed by atoms with Gasteiger partial charge in [0.2, 0.25) is 0 Å². The molecule has 0 amide bonds. The van der Waals surface area contributed by atoms with E-state index in [9.17, 15) is 23.4 Å². The van der Waals surface area contributed by atoms with Gasteiger partial charge in [-0.25, -0.2) is 0 Å². The first kappa shape index (κ1) is 21.9. The van der Waals surface area contributed by atoms with Crippen molar-refractivity contribution in [3.8, 4) is 0 Å². The highest BCUT2D eigenvalue weighted by molar-refractivity contribution is 5.11. The van der Waals surface area contributed by atoms with E-state index in [2.05, 4.69) is 13.8 Å². The molecule has 0 heterocycles. The van der Waals surface area contributed by atoms with E-state index in [0.717, 1.165) is 57.8 Å². The third-order valence-electron chi connectivity index (χ3n) is 10.5. The van der Waals surface area contributed by atoms with Gasteiger partial charge in [-0.3, -0.25) is 0 Å². The van der Waals surface area contributed by atoms with Crippen molar-refractivity contribution in [2.75, 3.05) is 0 Å². The van der Waals surface area contributed by atoms with Crippen molar-refractivity contribution in [3.63, 3.8) is 0 Å². The molecule has 2 nitrogen and oxygen atoms in total. The van der Waals surface area contributed by atoms with Gasteiger partial charge < -0.3 is 10.2 Å². The average molecular weight is 417 g/mol. The van der Waals surface area contributed by atoms with Crippen LogP contribution in [0.5, 0.6) is 0 Å². The van der Waals surface area contributed by atoms with Crippen LogP contribution in [0, 0.1) is 46.3 Å². The Balaban J connectivity index is 1.55. The minimum Gasteiger partial charge on any atom is -0.390 e. The first-order valence-electron chi connectivity index (χ1n) is 11.8. The van der Waals surface area contributed by atoms with Crippen LogP contribution in [0.2, 0.25) is 0 Å². The fourth-order valence-electron chi connectivity index (χ4n) is 8.85. The summed E-state index contributed by atoms with van der Waals surface area (Å²) in [5.74, 6) is 1.49. The van der Waals surface area contributed by atoms with Gasteiger partial charge in [-0.2, -0.15) is 13.2 Å². The van der Waals surface area contributed by atoms with Crippen LogP contribution in [0.4, 0.5) is 13.2 Å². The van der Waals surface area contributed by atoms with Gasteiger partial charge in [0.25, 0.3) is 0 Å². The van der Waals surface area contributed by atoms with Crippen molar-refractivity contribution < 1.29 is 23.4 Å². The van der Waals surface area contributed by atoms with Crippen LogP contribution in [0.1, 0.15) is 85.5 Å². The van der Waals surface area contributed by atoms with Gasteiger partial charge >= 0.3 is 6.18 Å². The summed E-state index contributed by atoms with van der Waals surface area (Å²) in [7, 11) is 0. The molecule has 0 aromatic carbocycles. The zero-order valence-corrected chi connectivity index (χ0v) is 18.4. The summed E-state index contributed by atoms with van der Waals surface area (Å²) >= 11 is 0. The van der Waals surface area contributed by atoms with Crippen molar-refractivity contribution in [3.05, 3.63) is 0 Å². The molecule has 4 aliphatic rings. The van der Waals surface area contributed by atoms with Crippen molar-refractivity contribution in [1.82, 2.24) is 0 Å². The quantitative estimate of drug-likeness (QED) is 0.583. The smallest absolute Gasteiger partial charge is 0.390 e. The number of hydrogen-bond acceptors (Lipinski definition) is 2. The van der Waals surface area contributed by atoms with E-state index in [1.165, 1.54) is 0 Å². The van der Waals surface area contributed by atoms with Crippen LogP contribution in [-0.2, 0) is 0 Å². The minimum atomic E-state index is -4.53. The molecule has 0 aliphatic heterocycles. The highest BCUT2D eigenvalue weighted by Gasteiger charge is 2.62. The molecule has 0 bridgehead atoms. The predicted octanol–water partition coefficient (Wildman–Crippen LogP) is 5.96. The van der Waals surface area contributed by atoms with Gasteiger partial charge in [-0.05, 0) is 111 Å². The Labute approximate surface area is 173 Å². The van der Waals surface area contributed by atoms with E-state index in [1.54, 1.807) is 6.92 Å². The van der Waals surface area contributed by atoms with E-state index in [1.807, 2.05) is 6.92 Å². The van der Waals surface area contributed by atoms with Gasteiger partial charge in [-0.1, -0.05) is 20.8 Å². The minimum absolute atomic E-state index is 0.0531. The van der Waals surface area contributed by atoms with Crippen molar-refractivity contribution in [2.45, 2.75) is 103 Å². The van der Waals surface area contributed by atoms with E-state index in [4.69, 9.17) is 0 Å². The molecule has 0 saturated heterocycles. The summed E-state index contributed by atoms with van der Waals surface area (Å²) in [6.07, 6.45) is 2.29. The van der Waals surface area contributed by atoms with Gasteiger partial charge in [0, 0.05) is 0 Å². The number of rotatable bonds is 2. The topological polar surface area (TPSA) is 40.5 Å².